The predicted octanol–water partition coefficient (Wildman–Crippen LogP) is 0.391. The van der Waals surface area contributed by atoms with E-state index in [0.717, 1.165) is 31.4 Å². The number of hydrazine groups is 1. The molecule has 6 nitrogen and oxygen atoms in total. The van der Waals surface area contributed by atoms with Crippen LogP contribution in [-0.4, -0.2) is 36.3 Å². The molecular formula is C15H22N4O2. The molecule has 1 aromatic carbocycles. The molecule has 0 spiro atoms. The van der Waals surface area contributed by atoms with Gasteiger partial charge in [-0.1, -0.05) is 18.6 Å². The van der Waals surface area contributed by atoms with Gasteiger partial charge in [-0.15, -0.1) is 0 Å². The Bertz CT molecular complexity index is 518. The van der Waals surface area contributed by atoms with Crippen LogP contribution in [0.4, 0.5) is 0 Å². The van der Waals surface area contributed by atoms with Gasteiger partial charge in [0.2, 0.25) is 5.91 Å². The molecule has 4 N–H and O–H groups in total. The molecule has 0 saturated carbocycles. The van der Waals surface area contributed by atoms with Crippen molar-refractivity contribution in [1.29, 1.82) is 0 Å². The van der Waals surface area contributed by atoms with Crippen molar-refractivity contribution in [3.8, 4) is 0 Å². The third kappa shape index (κ3) is 3.80. The summed E-state index contributed by atoms with van der Waals surface area (Å²) in [5.74, 6) is 4.91. The zero-order chi connectivity index (χ0) is 15.2. The monoisotopic (exact) mass is 290 g/mol. The zero-order valence-corrected chi connectivity index (χ0v) is 12.3. The van der Waals surface area contributed by atoms with Crippen LogP contribution in [-0.2, 0) is 11.3 Å². The normalized spacial score (nSPS) is 19.0. The summed E-state index contributed by atoms with van der Waals surface area (Å²) in [7, 11) is 1.67. The summed E-state index contributed by atoms with van der Waals surface area (Å²) in [4.78, 5) is 25.7. The molecule has 1 heterocycles. The third-order valence-electron chi connectivity index (χ3n) is 3.87. The van der Waals surface area contributed by atoms with Crippen molar-refractivity contribution in [3.05, 3.63) is 35.4 Å². The first-order valence-electron chi connectivity index (χ1n) is 7.21. The first-order valence-corrected chi connectivity index (χ1v) is 7.21. The van der Waals surface area contributed by atoms with Gasteiger partial charge >= 0.3 is 0 Å². The lowest BCUT2D eigenvalue weighted by molar-refractivity contribution is -0.127. The van der Waals surface area contributed by atoms with E-state index >= 15 is 0 Å². The molecule has 1 aliphatic rings. The van der Waals surface area contributed by atoms with E-state index in [0.29, 0.717) is 12.1 Å². The summed E-state index contributed by atoms with van der Waals surface area (Å²) in [6, 6.07) is 7.24. The first kappa shape index (κ1) is 15.5. The molecule has 0 aliphatic carbocycles. The number of nitrogen functional groups attached to an aromatic ring is 1. The number of benzene rings is 1. The molecule has 1 fully saturated rings. The van der Waals surface area contributed by atoms with Gasteiger partial charge in [-0.3, -0.25) is 19.9 Å². The summed E-state index contributed by atoms with van der Waals surface area (Å²) in [6.07, 6.45) is 3.04. The fourth-order valence-corrected chi connectivity index (χ4v) is 2.77. The molecule has 2 rings (SSSR count). The minimum absolute atomic E-state index is 0.0607. The number of rotatable bonds is 4. The summed E-state index contributed by atoms with van der Waals surface area (Å²) in [5.41, 5.74) is 3.67. The molecule has 0 radical (unpaired) electrons. The van der Waals surface area contributed by atoms with Crippen molar-refractivity contribution in [2.45, 2.75) is 31.8 Å². The van der Waals surface area contributed by atoms with Crippen LogP contribution in [0.1, 0.15) is 35.2 Å². The minimum Gasteiger partial charge on any atom is -0.358 e. The second-order valence-corrected chi connectivity index (χ2v) is 5.27. The maximum Gasteiger partial charge on any atom is 0.265 e. The number of amides is 2. The molecular weight excluding hydrogens is 268 g/mol. The van der Waals surface area contributed by atoms with Gasteiger partial charge in [0, 0.05) is 19.2 Å². The molecule has 0 bridgehead atoms. The number of likely N-dealkylation sites (tertiary alicyclic amines) is 1. The summed E-state index contributed by atoms with van der Waals surface area (Å²) in [6.45, 7) is 1.55. The van der Waals surface area contributed by atoms with E-state index in [-0.39, 0.29) is 17.9 Å². The number of nitrogens with zero attached hydrogens (tertiary/aromatic N) is 1. The molecule has 1 unspecified atom stereocenters. The van der Waals surface area contributed by atoms with Gasteiger partial charge in [-0.05, 0) is 37.1 Å². The van der Waals surface area contributed by atoms with E-state index < -0.39 is 0 Å². The van der Waals surface area contributed by atoms with Crippen LogP contribution in [0, 0.1) is 0 Å². The highest BCUT2D eigenvalue weighted by Crippen LogP contribution is 2.20. The Hall–Kier alpha value is -1.92. The molecule has 1 aromatic rings. The van der Waals surface area contributed by atoms with Crippen molar-refractivity contribution in [2.24, 2.45) is 5.84 Å². The highest BCUT2D eigenvalue weighted by Gasteiger charge is 2.27. The molecule has 1 saturated heterocycles. The standard InChI is InChI=1S/C15H22N4O2/c1-17-15(21)13-7-2-3-8-19(13)10-11-5-4-6-12(9-11)14(20)18-16/h4-6,9,13H,2-3,7-8,10,16H2,1H3,(H,17,21)(H,18,20). The van der Waals surface area contributed by atoms with Crippen molar-refractivity contribution < 1.29 is 9.59 Å². The Morgan fingerprint density at radius 3 is 2.90 bits per heavy atom. The van der Waals surface area contributed by atoms with E-state index in [4.69, 9.17) is 5.84 Å². The number of nitrogens with two attached hydrogens (primary N) is 1. The van der Waals surface area contributed by atoms with E-state index in [1.807, 2.05) is 18.2 Å². The van der Waals surface area contributed by atoms with E-state index in [9.17, 15) is 9.59 Å². The van der Waals surface area contributed by atoms with Gasteiger partial charge < -0.3 is 5.32 Å². The molecule has 2 amide bonds. The van der Waals surface area contributed by atoms with Crippen LogP contribution in [0.3, 0.4) is 0 Å². The van der Waals surface area contributed by atoms with Crippen LogP contribution in [0.25, 0.3) is 0 Å². The largest absolute Gasteiger partial charge is 0.358 e. The van der Waals surface area contributed by atoms with Gasteiger partial charge in [-0.2, -0.15) is 0 Å². The van der Waals surface area contributed by atoms with E-state index in [1.165, 1.54) is 0 Å². The molecule has 21 heavy (non-hydrogen) atoms. The van der Waals surface area contributed by atoms with Crippen molar-refractivity contribution in [3.63, 3.8) is 0 Å². The Morgan fingerprint density at radius 1 is 1.38 bits per heavy atom. The second-order valence-electron chi connectivity index (χ2n) is 5.27. The Balaban J connectivity index is 2.12. The maximum atomic E-state index is 12.0. The fourth-order valence-electron chi connectivity index (χ4n) is 2.77. The number of likely N-dealkylation sites (N-methyl/N-ethyl adjacent to an activating group) is 1. The number of hydrogen-bond acceptors (Lipinski definition) is 4. The minimum atomic E-state index is -0.307. The van der Waals surface area contributed by atoms with Crippen LogP contribution in [0.15, 0.2) is 24.3 Å². The first-order chi connectivity index (χ1) is 10.2. The summed E-state index contributed by atoms with van der Waals surface area (Å²) < 4.78 is 0. The Morgan fingerprint density at radius 2 is 2.19 bits per heavy atom. The van der Waals surface area contributed by atoms with Gasteiger partial charge in [0.05, 0.1) is 6.04 Å². The lowest BCUT2D eigenvalue weighted by Crippen LogP contribution is -2.48. The van der Waals surface area contributed by atoms with Crippen LogP contribution in [0.5, 0.6) is 0 Å². The lowest BCUT2D eigenvalue weighted by atomic mass is 10.00. The summed E-state index contributed by atoms with van der Waals surface area (Å²) >= 11 is 0. The average Bonchev–Trinajstić information content (AvgIpc) is 2.54. The lowest BCUT2D eigenvalue weighted by Gasteiger charge is -2.34. The topological polar surface area (TPSA) is 87.5 Å². The molecule has 114 valence electrons. The number of carbonyl (C=O) groups is 2. The highest BCUT2D eigenvalue weighted by molar-refractivity contribution is 5.93. The van der Waals surface area contributed by atoms with Crippen molar-refractivity contribution in [1.82, 2.24) is 15.6 Å². The Kier molecular flexibility index (Phi) is 5.30. The van der Waals surface area contributed by atoms with Gasteiger partial charge in [-0.25, -0.2) is 5.84 Å². The van der Waals surface area contributed by atoms with E-state index in [2.05, 4.69) is 15.6 Å². The van der Waals surface area contributed by atoms with E-state index in [1.54, 1.807) is 13.1 Å². The molecule has 6 heteroatoms. The number of hydrogen-bond donors (Lipinski definition) is 3. The van der Waals surface area contributed by atoms with Crippen molar-refractivity contribution >= 4 is 11.8 Å². The van der Waals surface area contributed by atoms with Crippen LogP contribution < -0.4 is 16.6 Å². The quantitative estimate of drug-likeness (QED) is 0.425. The molecule has 1 atom stereocenters. The second kappa shape index (κ2) is 7.19. The maximum absolute atomic E-state index is 12.0. The fraction of sp³-hybridized carbons (Fsp3) is 0.467. The van der Waals surface area contributed by atoms with Crippen molar-refractivity contribution in [2.75, 3.05) is 13.6 Å². The van der Waals surface area contributed by atoms with Gasteiger partial charge in [0.15, 0.2) is 0 Å². The number of carbonyl (C=O) groups excluding carboxylic acids is 2. The SMILES string of the molecule is CNC(=O)C1CCCCN1Cc1cccc(C(=O)NN)c1. The smallest absolute Gasteiger partial charge is 0.265 e. The molecule has 1 aliphatic heterocycles. The number of piperidine rings is 1. The summed E-state index contributed by atoms with van der Waals surface area (Å²) in [5, 5.41) is 2.73. The predicted molar refractivity (Wildman–Crippen MR) is 80.2 cm³/mol. The van der Waals surface area contributed by atoms with Crippen LogP contribution in [0.2, 0.25) is 0 Å². The zero-order valence-electron chi connectivity index (χ0n) is 12.3. The Labute approximate surface area is 124 Å². The van der Waals surface area contributed by atoms with Gasteiger partial charge in [0.1, 0.15) is 0 Å². The number of nitrogens with one attached hydrogen (secondary N) is 2. The van der Waals surface area contributed by atoms with Gasteiger partial charge in [0.25, 0.3) is 5.91 Å². The third-order valence-corrected chi connectivity index (χ3v) is 3.87. The average molecular weight is 290 g/mol. The highest BCUT2D eigenvalue weighted by atomic mass is 16.2. The molecule has 0 aromatic heterocycles. The van der Waals surface area contributed by atoms with Crippen LogP contribution >= 0.6 is 0 Å².